The summed E-state index contributed by atoms with van der Waals surface area (Å²) in [6.45, 7) is 5.31. The Morgan fingerprint density at radius 1 is 1.30 bits per heavy atom. The van der Waals surface area contributed by atoms with E-state index < -0.39 is 0 Å². The third kappa shape index (κ3) is 5.07. The topological polar surface area (TPSA) is 72.7 Å². The van der Waals surface area contributed by atoms with Crippen LogP contribution in [0.2, 0.25) is 0 Å². The van der Waals surface area contributed by atoms with E-state index in [4.69, 9.17) is 12.2 Å². The van der Waals surface area contributed by atoms with E-state index in [9.17, 15) is 4.79 Å². The van der Waals surface area contributed by atoms with Crippen molar-refractivity contribution in [2.24, 2.45) is 5.92 Å². The van der Waals surface area contributed by atoms with Crippen LogP contribution in [0.25, 0.3) is 11.0 Å². The van der Waals surface area contributed by atoms with Crippen LogP contribution in [0.3, 0.4) is 0 Å². The quantitative estimate of drug-likeness (QED) is 0.529. The number of hydrogen-bond donors (Lipinski definition) is 4. The van der Waals surface area contributed by atoms with E-state index in [1.807, 2.05) is 12.1 Å². The van der Waals surface area contributed by atoms with Crippen LogP contribution in [0, 0.1) is 5.92 Å². The lowest BCUT2D eigenvalue weighted by atomic mass is 9.99. The number of hydrogen-bond acceptors (Lipinski definition) is 2. The number of benzene rings is 1. The van der Waals surface area contributed by atoms with Gasteiger partial charge in [-0.1, -0.05) is 33.1 Å². The number of halogens is 1. The molecule has 0 aliphatic heterocycles. The smallest absolute Gasteiger partial charge is 0.323 e. The van der Waals surface area contributed by atoms with E-state index in [0.29, 0.717) is 11.0 Å². The maximum atomic E-state index is 11.3. The number of aromatic amines is 2. The fraction of sp³-hybridized carbons (Fsp3) is 0.500. The van der Waals surface area contributed by atoms with Crippen molar-refractivity contribution in [1.82, 2.24) is 15.3 Å². The van der Waals surface area contributed by atoms with E-state index in [1.165, 1.54) is 19.3 Å². The molecule has 4 N–H and O–H groups in total. The first-order valence-electron chi connectivity index (χ1n) is 7.99. The average Bonchev–Trinajstić information content (AvgIpc) is 2.87. The van der Waals surface area contributed by atoms with Crippen LogP contribution in [0.15, 0.2) is 21.4 Å². The van der Waals surface area contributed by atoms with Gasteiger partial charge in [-0.25, -0.2) is 4.79 Å². The number of anilines is 1. The van der Waals surface area contributed by atoms with Gasteiger partial charge in [0.15, 0.2) is 5.11 Å². The van der Waals surface area contributed by atoms with Gasteiger partial charge in [-0.05, 0) is 52.6 Å². The number of imidazole rings is 1. The molecule has 0 unspecified atom stereocenters. The lowest BCUT2D eigenvalue weighted by molar-refractivity contribution is 0.446. The Labute approximate surface area is 149 Å². The Morgan fingerprint density at radius 3 is 2.65 bits per heavy atom. The van der Waals surface area contributed by atoms with Gasteiger partial charge in [0.2, 0.25) is 0 Å². The first kappa shape index (κ1) is 18.0. The molecule has 1 atom stereocenters. The minimum atomic E-state index is -0.216. The molecule has 0 saturated heterocycles. The predicted molar refractivity (Wildman–Crippen MR) is 104 cm³/mol. The van der Waals surface area contributed by atoms with Crippen LogP contribution in [0.5, 0.6) is 0 Å². The monoisotopic (exact) mass is 398 g/mol. The maximum Gasteiger partial charge on any atom is 0.323 e. The molecule has 1 aromatic carbocycles. The van der Waals surface area contributed by atoms with Gasteiger partial charge in [0, 0.05) is 11.0 Å². The highest BCUT2D eigenvalue weighted by atomic mass is 79.9. The molecule has 0 aliphatic rings. The summed E-state index contributed by atoms with van der Waals surface area (Å²) in [6.07, 6.45) is 4.85. The first-order valence-corrected chi connectivity index (χ1v) is 9.20. The largest absolute Gasteiger partial charge is 0.362 e. The number of thiocarbonyl (C=S) groups is 1. The lowest BCUT2D eigenvalue weighted by Gasteiger charge is -2.17. The zero-order valence-electron chi connectivity index (χ0n) is 13.5. The summed E-state index contributed by atoms with van der Waals surface area (Å²) in [7, 11) is 0. The third-order valence-corrected chi connectivity index (χ3v) is 4.85. The molecule has 1 aromatic heterocycles. The van der Waals surface area contributed by atoms with Crippen LogP contribution in [0.4, 0.5) is 5.69 Å². The van der Waals surface area contributed by atoms with Gasteiger partial charge in [-0.15, -0.1) is 0 Å². The van der Waals surface area contributed by atoms with Crippen LogP contribution in [-0.2, 0) is 0 Å². The third-order valence-electron chi connectivity index (χ3n) is 3.95. The number of H-pyrrole nitrogens is 2. The predicted octanol–water partition coefficient (Wildman–Crippen LogP) is 4.12. The second-order valence-corrected chi connectivity index (χ2v) is 6.97. The molecule has 0 aliphatic carbocycles. The van der Waals surface area contributed by atoms with Gasteiger partial charge in [-0.3, -0.25) is 0 Å². The van der Waals surface area contributed by atoms with Crippen molar-refractivity contribution in [2.75, 3.05) is 11.9 Å². The zero-order valence-corrected chi connectivity index (χ0v) is 15.9. The molecule has 5 nitrogen and oxygen atoms in total. The van der Waals surface area contributed by atoms with Crippen molar-refractivity contribution in [2.45, 2.75) is 39.5 Å². The Kier molecular flexibility index (Phi) is 6.65. The van der Waals surface area contributed by atoms with Crippen molar-refractivity contribution in [3.63, 3.8) is 0 Å². The average molecular weight is 399 g/mol. The van der Waals surface area contributed by atoms with Crippen LogP contribution in [-0.4, -0.2) is 21.6 Å². The van der Waals surface area contributed by atoms with Crippen molar-refractivity contribution in [3.8, 4) is 0 Å². The summed E-state index contributed by atoms with van der Waals surface area (Å²) >= 11 is 8.88. The Balaban J connectivity index is 1.97. The summed E-state index contributed by atoms with van der Waals surface area (Å²) in [5.41, 5.74) is 2.12. The number of nitrogens with one attached hydrogen (secondary N) is 4. The number of rotatable bonds is 7. The lowest BCUT2D eigenvalue weighted by Crippen LogP contribution is -2.32. The van der Waals surface area contributed by atoms with Crippen LogP contribution < -0.4 is 16.3 Å². The zero-order chi connectivity index (χ0) is 16.8. The summed E-state index contributed by atoms with van der Waals surface area (Å²) in [4.78, 5) is 16.8. The standard InChI is InChI=1S/C16H23BrN4OS/c1-3-5-6-10(4-2)9-18-16(23)21-12-8-14-13(7-11(12)17)19-15(22)20-14/h7-8,10H,3-6,9H2,1-2H3,(H2,18,21,23)(H2,19,20,22)/t10-/m0/s1. The summed E-state index contributed by atoms with van der Waals surface area (Å²) < 4.78 is 0.849. The minimum Gasteiger partial charge on any atom is -0.362 e. The molecule has 1 heterocycles. The molecule has 23 heavy (non-hydrogen) atoms. The second kappa shape index (κ2) is 8.49. The Bertz CT molecular complexity index is 724. The van der Waals surface area contributed by atoms with Crippen molar-refractivity contribution in [1.29, 1.82) is 0 Å². The molecule has 2 aromatic rings. The Morgan fingerprint density at radius 2 is 2.00 bits per heavy atom. The van der Waals surface area contributed by atoms with E-state index in [2.05, 4.69) is 50.4 Å². The summed E-state index contributed by atoms with van der Waals surface area (Å²) in [5.74, 6) is 0.640. The summed E-state index contributed by atoms with van der Waals surface area (Å²) in [6, 6.07) is 3.72. The van der Waals surface area contributed by atoms with Crippen LogP contribution >= 0.6 is 28.1 Å². The van der Waals surface area contributed by atoms with E-state index in [0.717, 1.165) is 34.2 Å². The van der Waals surface area contributed by atoms with Gasteiger partial charge in [-0.2, -0.15) is 0 Å². The fourth-order valence-electron chi connectivity index (χ4n) is 2.50. The van der Waals surface area contributed by atoms with E-state index >= 15 is 0 Å². The van der Waals surface area contributed by atoms with E-state index in [-0.39, 0.29) is 5.69 Å². The molecule has 0 spiro atoms. The number of aromatic nitrogens is 2. The molecular formula is C16H23BrN4OS. The Hall–Kier alpha value is -1.34. The molecule has 0 amide bonds. The fourth-order valence-corrected chi connectivity index (χ4v) is 3.13. The van der Waals surface area contributed by atoms with Gasteiger partial charge in [0.05, 0.1) is 16.7 Å². The van der Waals surface area contributed by atoms with Gasteiger partial charge < -0.3 is 20.6 Å². The van der Waals surface area contributed by atoms with Crippen LogP contribution in [0.1, 0.15) is 39.5 Å². The molecule has 126 valence electrons. The maximum absolute atomic E-state index is 11.3. The molecule has 2 rings (SSSR count). The number of unbranched alkanes of at least 4 members (excludes halogenated alkanes) is 1. The summed E-state index contributed by atoms with van der Waals surface area (Å²) in [5, 5.41) is 7.07. The SMILES string of the molecule is CCCC[C@H](CC)CNC(=S)Nc1cc2[nH]c(=O)[nH]c2cc1Br. The number of fused-ring (bicyclic) bond motifs is 1. The molecule has 0 fully saturated rings. The normalized spacial score (nSPS) is 12.3. The highest BCUT2D eigenvalue weighted by molar-refractivity contribution is 9.10. The second-order valence-electron chi connectivity index (χ2n) is 5.71. The van der Waals surface area contributed by atoms with Gasteiger partial charge in [0.1, 0.15) is 0 Å². The molecule has 0 bridgehead atoms. The molecule has 7 heteroatoms. The van der Waals surface area contributed by atoms with Gasteiger partial charge >= 0.3 is 5.69 Å². The molecule has 0 radical (unpaired) electrons. The molecular weight excluding hydrogens is 376 g/mol. The van der Waals surface area contributed by atoms with Gasteiger partial charge in [0.25, 0.3) is 0 Å². The van der Waals surface area contributed by atoms with Crippen molar-refractivity contribution >= 4 is 50.0 Å². The van der Waals surface area contributed by atoms with Crippen molar-refractivity contribution in [3.05, 3.63) is 27.1 Å². The highest BCUT2D eigenvalue weighted by Gasteiger charge is 2.09. The minimum absolute atomic E-state index is 0.216. The molecule has 0 saturated carbocycles. The highest BCUT2D eigenvalue weighted by Crippen LogP contribution is 2.26. The first-order chi connectivity index (χ1) is 11.0. The van der Waals surface area contributed by atoms with Crippen molar-refractivity contribution < 1.29 is 0 Å². The van der Waals surface area contributed by atoms with E-state index in [1.54, 1.807) is 0 Å².